The Morgan fingerprint density at radius 3 is 2.13 bits per heavy atom. The molecule has 0 atom stereocenters. The SMILES string of the molecule is CC(C)(C)c1ccnc(-n2c3ccccc3c3ccc(Oc4cccc(N5CN(c6ccccc6)c6cc7c(cc65)oc5ccccc57)c4)cc32)c1. The Balaban J connectivity index is 1.05. The van der Waals surface area contributed by atoms with Gasteiger partial charge in [-0.1, -0.05) is 81.4 Å². The summed E-state index contributed by atoms with van der Waals surface area (Å²) in [4.78, 5) is 9.54. The fourth-order valence-electron chi connectivity index (χ4n) is 7.64. The molecule has 9 aromatic rings. The van der Waals surface area contributed by atoms with Crippen LogP contribution >= 0.6 is 0 Å². The van der Waals surface area contributed by atoms with Crippen LogP contribution in [-0.2, 0) is 5.41 Å². The van der Waals surface area contributed by atoms with Crippen LogP contribution < -0.4 is 14.5 Å². The van der Waals surface area contributed by atoms with Crippen LogP contribution in [0.2, 0.25) is 0 Å². The number of fused-ring (bicyclic) bond motifs is 7. The molecule has 0 aliphatic carbocycles. The van der Waals surface area contributed by atoms with Gasteiger partial charge in [-0.15, -0.1) is 0 Å². The number of benzene rings is 6. The number of hydrogen-bond acceptors (Lipinski definition) is 5. The van der Waals surface area contributed by atoms with E-state index in [2.05, 4.69) is 163 Å². The Morgan fingerprint density at radius 2 is 1.27 bits per heavy atom. The minimum atomic E-state index is 0.00177. The largest absolute Gasteiger partial charge is 0.457 e. The molecule has 0 saturated heterocycles. The number of furan rings is 1. The fraction of sp³-hybridized carbons (Fsp3) is 0.109. The third-order valence-corrected chi connectivity index (χ3v) is 10.3. The van der Waals surface area contributed by atoms with Gasteiger partial charge in [0.05, 0.1) is 22.4 Å². The maximum Gasteiger partial charge on any atom is 0.137 e. The molecule has 1 aliphatic heterocycles. The Morgan fingerprint density at radius 1 is 0.558 bits per heavy atom. The third kappa shape index (κ3) is 4.90. The number of aromatic nitrogens is 2. The molecule has 1 aliphatic rings. The standard InChI is InChI=1S/C46H36N4O2/c1-46(2,3)30-22-23-47-45(24-30)50-39-18-9-7-16-35(39)36-21-20-34(26-40(36)50)51-33-15-11-14-32(25-33)49-29-48(31-12-5-4-6-13-31)41-27-38-37-17-8-10-19-43(37)52-44(38)28-42(41)49/h4-28H,29H2,1-3H3. The normalized spacial score (nSPS) is 13.1. The van der Waals surface area contributed by atoms with Crippen molar-refractivity contribution >= 4 is 66.5 Å². The van der Waals surface area contributed by atoms with E-state index in [1.165, 1.54) is 10.9 Å². The van der Waals surface area contributed by atoms with Crippen LogP contribution in [0, 0.1) is 0 Å². The topological polar surface area (TPSA) is 46.7 Å². The maximum absolute atomic E-state index is 6.67. The zero-order valence-corrected chi connectivity index (χ0v) is 29.2. The van der Waals surface area contributed by atoms with Crippen LogP contribution in [0.1, 0.15) is 26.3 Å². The van der Waals surface area contributed by atoms with E-state index in [0.717, 1.165) is 78.4 Å². The first-order chi connectivity index (χ1) is 25.4. The molecule has 6 nitrogen and oxygen atoms in total. The predicted octanol–water partition coefficient (Wildman–Crippen LogP) is 12.4. The lowest BCUT2D eigenvalue weighted by Crippen LogP contribution is -2.23. The van der Waals surface area contributed by atoms with Gasteiger partial charge in [0.2, 0.25) is 0 Å². The average Bonchev–Trinajstić information content (AvgIpc) is 3.83. The van der Waals surface area contributed by atoms with Crippen molar-refractivity contribution in [3.63, 3.8) is 0 Å². The van der Waals surface area contributed by atoms with E-state index in [1.54, 1.807) is 0 Å². The van der Waals surface area contributed by atoms with Gasteiger partial charge in [-0.25, -0.2) is 4.98 Å². The van der Waals surface area contributed by atoms with Gasteiger partial charge >= 0.3 is 0 Å². The van der Waals surface area contributed by atoms with Crippen molar-refractivity contribution in [2.75, 3.05) is 16.5 Å². The third-order valence-electron chi connectivity index (χ3n) is 10.3. The molecule has 6 aromatic carbocycles. The van der Waals surface area contributed by atoms with Crippen molar-refractivity contribution in [1.29, 1.82) is 0 Å². The zero-order chi connectivity index (χ0) is 35.0. The molecule has 0 unspecified atom stereocenters. The number of para-hydroxylation sites is 3. The Labute approximate surface area is 301 Å². The van der Waals surface area contributed by atoms with Crippen molar-refractivity contribution < 1.29 is 9.15 Å². The molecule has 10 rings (SSSR count). The Bertz CT molecular complexity index is 2810. The molecule has 0 fully saturated rings. The molecule has 3 aromatic heterocycles. The van der Waals surface area contributed by atoms with Crippen LogP contribution in [0.15, 0.2) is 156 Å². The van der Waals surface area contributed by atoms with Crippen LogP contribution in [-0.4, -0.2) is 16.2 Å². The van der Waals surface area contributed by atoms with E-state index in [0.29, 0.717) is 6.67 Å². The van der Waals surface area contributed by atoms with Crippen LogP contribution in [0.25, 0.3) is 49.6 Å². The molecule has 0 N–H and O–H groups in total. The summed E-state index contributed by atoms with van der Waals surface area (Å²) in [6.07, 6.45) is 1.91. The van der Waals surface area contributed by atoms with E-state index in [-0.39, 0.29) is 5.41 Å². The van der Waals surface area contributed by atoms with E-state index in [9.17, 15) is 0 Å². The summed E-state index contributed by atoms with van der Waals surface area (Å²) in [6.45, 7) is 7.35. The highest BCUT2D eigenvalue weighted by molar-refractivity contribution is 6.10. The number of ether oxygens (including phenoxy) is 1. The summed E-state index contributed by atoms with van der Waals surface area (Å²) in [6, 6.07) is 50.8. The average molecular weight is 677 g/mol. The first-order valence-electron chi connectivity index (χ1n) is 17.7. The van der Waals surface area contributed by atoms with Crippen LogP contribution in [0.5, 0.6) is 11.5 Å². The summed E-state index contributed by atoms with van der Waals surface area (Å²) < 4.78 is 15.3. The predicted molar refractivity (Wildman–Crippen MR) is 213 cm³/mol. The molecule has 0 saturated carbocycles. The van der Waals surface area contributed by atoms with E-state index < -0.39 is 0 Å². The molecular weight excluding hydrogens is 641 g/mol. The van der Waals surface area contributed by atoms with Crippen molar-refractivity contribution in [3.8, 4) is 17.3 Å². The Hall–Kier alpha value is -6.53. The summed E-state index contributed by atoms with van der Waals surface area (Å²) in [7, 11) is 0. The van der Waals surface area contributed by atoms with Gasteiger partial charge in [-0.05, 0) is 77.7 Å². The highest BCUT2D eigenvalue weighted by atomic mass is 16.5. The number of hydrogen-bond donors (Lipinski definition) is 0. The van der Waals surface area contributed by atoms with Gasteiger partial charge in [0.1, 0.15) is 35.2 Å². The molecule has 6 heteroatoms. The summed E-state index contributed by atoms with van der Waals surface area (Å²) >= 11 is 0. The maximum atomic E-state index is 6.67. The molecule has 0 radical (unpaired) electrons. The monoisotopic (exact) mass is 676 g/mol. The first kappa shape index (κ1) is 30.3. The fourth-order valence-corrected chi connectivity index (χ4v) is 7.64. The lowest BCUT2D eigenvalue weighted by Gasteiger charge is -2.22. The van der Waals surface area contributed by atoms with Gasteiger partial charge < -0.3 is 19.0 Å². The van der Waals surface area contributed by atoms with Crippen LogP contribution in [0.3, 0.4) is 0 Å². The minimum absolute atomic E-state index is 0.00177. The zero-order valence-electron chi connectivity index (χ0n) is 29.2. The van der Waals surface area contributed by atoms with Crippen LogP contribution in [0.4, 0.5) is 22.7 Å². The lowest BCUT2D eigenvalue weighted by molar-refractivity contribution is 0.483. The van der Waals surface area contributed by atoms with Gasteiger partial charge in [-0.3, -0.25) is 4.57 Å². The highest BCUT2D eigenvalue weighted by Gasteiger charge is 2.30. The number of pyridine rings is 1. The second-order valence-electron chi connectivity index (χ2n) is 14.6. The number of nitrogens with zero attached hydrogens (tertiary/aromatic N) is 4. The Kier molecular flexibility index (Phi) is 6.70. The van der Waals surface area contributed by atoms with Gasteiger partial charge in [0.15, 0.2) is 0 Å². The van der Waals surface area contributed by atoms with Gasteiger partial charge in [0, 0.05) is 57.3 Å². The quantitative estimate of drug-likeness (QED) is 0.182. The van der Waals surface area contributed by atoms with Crippen molar-refractivity contribution in [2.24, 2.45) is 0 Å². The smallest absolute Gasteiger partial charge is 0.137 e. The van der Waals surface area contributed by atoms with Crippen molar-refractivity contribution in [3.05, 3.63) is 157 Å². The molecular formula is C46H36N4O2. The second-order valence-corrected chi connectivity index (χ2v) is 14.6. The van der Waals surface area contributed by atoms with E-state index in [1.807, 2.05) is 24.4 Å². The van der Waals surface area contributed by atoms with E-state index in [4.69, 9.17) is 14.1 Å². The number of anilines is 4. The number of rotatable bonds is 5. The lowest BCUT2D eigenvalue weighted by atomic mass is 9.88. The highest BCUT2D eigenvalue weighted by Crippen LogP contribution is 2.48. The summed E-state index contributed by atoms with van der Waals surface area (Å²) in [5.74, 6) is 2.42. The van der Waals surface area contributed by atoms with Gasteiger partial charge in [0.25, 0.3) is 0 Å². The molecule has 0 spiro atoms. The van der Waals surface area contributed by atoms with Gasteiger partial charge in [-0.2, -0.15) is 0 Å². The van der Waals surface area contributed by atoms with Crippen molar-refractivity contribution in [2.45, 2.75) is 26.2 Å². The second kappa shape index (κ2) is 11.5. The molecule has 4 heterocycles. The molecule has 0 bridgehead atoms. The molecule has 0 amide bonds. The molecule has 252 valence electrons. The summed E-state index contributed by atoms with van der Waals surface area (Å²) in [5.41, 5.74) is 9.57. The molecule has 52 heavy (non-hydrogen) atoms. The first-order valence-corrected chi connectivity index (χ1v) is 17.7. The van der Waals surface area contributed by atoms with E-state index >= 15 is 0 Å². The van der Waals surface area contributed by atoms with Crippen molar-refractivity contribution in [1.82, 2.24) is 9.55 Å². The minimum Gasteiger partial charge on any atom is -0.457 e. The summed E-state index contributed by atoms with van der Waals surface area (Å²) in [5, 5.41) is 4.58.